The summed E-state index contributed by atoms with van der Waals surface area (Å²) in [6, 6.07) is 17.4. The maximum absolute atomic E-state index is 13.9. The van der Waals surface area contributed by atoms with Crippen LogP contribution in [0.4, 0.5) is 5.69 Å². The largest absolute Gasteiger partial charge is 0.354 e. The molecule has 0 spiro atoms. The highest BCUT2D eigenvalue weighted by atomic mass is 35.5. The number of halogens is 2. The van der Waals surface area contributed by atoms with Crippen molar-refractivity contribution in [1.82, 2.24) is 10.2 Å². The number of carbonyl (C=O) groups excluding carboxylic acids is 2. The lowest BCUT2D eigenvalue weighted by Gasteiger charge is -2.32. The van der Waals surface area contributed by atoms with Crippen molar-refractivity contribution in [2.75, 3.05) is 17.4 Å². The van der Waals surface area contributed by atoms with Gasteiger partial charge < -0.3 is 10.2 Å². The first-order valence-electron chi connectivity index (χ1n) is 12.6. The Morgan fingerprint density at radius 3 is 2.26 bits per heavy atom. The number of hydrogen-bond donors (Lipinski definition) is 1. The van der Waals surface area contributed by atoms with Crippen LogP contribution >= 0.6 is 23.2 Å². The van der Waals surface area contributed by atoms with Crippen molar-refractivity contribution in [2.45, 2.75) is 51.6 Å². The van der Waals surface area contributed by atoms with E-state index in [9.17, 15) is 18.0 Å². The summed E-state index contributed by atoms with van der Waals surface area (Å²) in [5.41, 5.74) is 2.70. The van der Waals surface area contributed by atoms with E-state index in [-0.39, 0.29) is 17.3 Å². The SMILES string of the molecule is CCCNC(=O)[C@H](C)N(Cc1ccc(Cl)c(Cl)c1)C(=O)CN(c1ccc(C)cc1C)S(=O)(=O)c1ccccc1. The zero-order valence-corrected chi connectivity index (χ0v) is 24.8. The second kappa shape index (κ2) is 13.3. The number of aryl methyl sites for hydroxylation is 2. The Hall–Kier alpha value is -3.07. The molecule has 3 aromatic carbocycles. The number of sulfonamides is 1. The van der Waals surface area contributed by atoms with Gasteiger partial charge in [0.05, 0.1) is 20.6 Å². The van der Waals surface area contributed by atoms with E-state index in [2.05, 4.69) is 5.32 Å². The number of amides is 2. The van der Waals surface area contributed by atoms with Crippen LogP contribution in [0, 0.1) is 13.8 Å². The van der Waals surface area contributed by atoms with E-state index in [0.717, 1.165) is 16.3 Å². The minimum absolute atomic E-state index is 0.0303. The summed E-state index contributed by atoms with van der Waals surface area (Å²) in [7, 11) is -4.12. The van der Waals surface area contributed by atoms with Gasteiger partial charge in [0.1, 0.15) is 12.6 Å². The lowest BCUT2D eigenvalue weighted by Crippen LogP contribution is -2.51. The van der Waals surface area contributed by atoms with Crippen molar-refractivity contribution in [3.05, 3.63) is 93.5 Å². The predicted molar refractivity (Wildman–Crippen MR) is 157 cm³/mol. The maximum Gasteiger partial charge on any atom is 0.264 e. The number of nitrogens with zero attached hydrogens (tertiary/aromatic N) is 2. The molecule has 0 saturated carbocycles. The average molecular weight is 591 g/mol. The Labute approximate surface area is 240 Å². The molecule has 208 valence electrons. The molecular formula is C29H33Cl2N3O4S. The van der Waals surface area contributed by atoms with Gasteiger partial charge in [0.25, 0.3) is 10.0 Å². The van der Waals surface area contributed by atoms with E-state index >= 15 is 0 Å². The molecule has 2 amide bonds. The van der Waals surface area contributed by atoms with Gasteiger partial charge >= 0.3 is 0 Å². The number of anilines is 1. The molecule has 0 fully saturated rings. The minimum atomic E-state index is -4.12. The summed E-state index contributed by atoms with van der Waals surface area (Å²) in [4.78, 5) is 28.3. The van der Waals surface area contributed by atoms with Crippen molar-refractivity contribution >= 4 is 50.7 Å². The van der Waals surface area contributed by atoms with Gasteiger partial charge in [-0.15, -0.1) is 0 Å². The molecule has 1 atom stereocenters. The molecule has 3 rings (SSSR count). The van der Waals surface area contributed by atoms with Gasteiger partial charge in [0, 0.05) is 13.1 Å². The molecule has 0 heterocycles. The van der Waals surface area contributed by atoms with Crippen LogP contribution in [0.15, 0.2) is 71.6 Å². The Morgan fingerprint density at radius 2 is 1.64 bits per heavy atom. The topological polar surface area (TPSA) is 86.8 Å². The summed E-state index contributed by atoms with van der Waals surface area (Å²) in [6.07, 6.45) is 0.731. The van der Waals surface area contributed by atoms with Crippen molar-refractivity contribution in [3.63, 3.8) is 0 Å². The van der Waals surface area contributed by atoms with Crippen LogP contribution in [0.2, 0.25) is 10.0 Å². The number of carbonyl (C=O) groups is 2. The summed E-state index contributed by atoms with van der Waals surface area (Å²) >= 11 is 12.3. The van der Waals surface area contributed by atoms with Crippen LogP contribution in [0.25, 0.3) is 0 Å². The first-order valence-corrected chi connectivity index (χ1v) is 14.8. The van der Waals surface area contributed by atoms with Crippen molar-refractivity contribution < 1.29 is 18.0 Å². The first kappa shape index (κ1) is 30.5. The zero-order chi connectivity index (χ0) is 28.7. The van der Waals surface area contributed by atoms with E-state index in [0.29, 0.717) is 33.4 Å². The fourth-order valence-electron chi connectivity index (χ4n) is 4.13. The van der Waals surface area contributed by atoms with Crippen LogP contribution in [0.1, 0.15) is 37.0 Å². The molecule has 0 aliphatic heterocycles. The molecule has 0 radical (unpaired) electrons. The van der Waals surface area contributed by atoms with Gasteiger partial charge in [-0.05, 0) is 68.7 Å². The second-order valence-electron chi connectivity index (χ2n) is 9.35. The van der Waals surface area contributed by atoms with E-state index in [1.807, 2.05) is 19.9 Å². The van der Waals surface area contributed by atoms with Crippen molar-refractivity contribution in [3.8, 4) is 0 Å². The Kier molecular flexibility index (Phi) is 10.4. The van der Waals surface area contributed by atoms with Crippen LogP contribution in [-0.2, 0) is 26.2 Å². The highest BCUT2D eigenvalue weighted by Crippen LogP contribution is 2.29. The Balaban J connectivity index is 2.05. The monoisotopic (exact) mass is 589 g/mol. The summed E-state index contributed by atoms with van der Waals surface area (Å²) in [6.45, 7) is 7.24. The standard InChI is InChI=1S/C29H33Cl2N3O4S/c1-5-15-32-29(36)22(4)33(18-23-12-13-25(30)26(31)17-23)28(35)19-34(27-14-11-20(2)16-21(27)3)39(37,38)24-9-7-6-8-10-24/h6-14,16-17,22H,5,15,18-19H2,1-4H3,(H,32,36)/t22-/m0/s1. The van der Waals surface area contributed by atoms with E-state index in [1.54, 1.807) is 62.4 Å². The molecule has 1 N–H and O–H groups in total. The minimum Gasteiger partial charge on any atom is -0.354 e. The normalized spacial score (nSPS) is 12.1. The smallest absolute Gasteiger partial charge is 0.264 e. The summed E-state index contributed by atoms with van der Waals surface area (Å²) < 4.78 is 28.8. The highest BCUT2D eigenvalue weighted by Gasteiger charge is 2.33. The first-order chi connectivity index (χ1) is 18.4. The molecule has 10 heteroatoms. The number of rotatable bonds is 11. The van der Waals surface area contributed by atoms with Crippen molar-refractivity contribution in [1.29, 1.82) is 0 Å². The molecule has 7 nitrogen and oxygen atoms in total. The third-order valence-corrected chi connectivity index (χ3v) is 8.80. The summed E-state index contributed by atoms with van der Waals surface area (Å²) in [5.74, 6) is -0.881. The van der Waals surface area contributed by atoms with Gasteiger partial charge in [0.15, 0.2) is 0 Å². The third-order valence-electron chi connectivity index (χ3n) is 6.28. The van der Waals surface area contributed by atoms with E-state index < -0.39 is 28.5 Å². The second-order valence-corrected chi connectivity index (χ2v) is 12.0. The number of benzene rings is 3. The van der Waals surface area contributed by atoms with Gasteiger partial charge in [-0.1, -0.05) is 72.1 Å². The van der Waals surface area contributed by atoms with Crippen LogP contribution in [0.3, 0.4) is 0 Å². The van der Waals surface area contributed by atoms with E-state index in [1.165, 1.54) is 17.0 Å². The van der Waals surface area contributed by atoms with Crippen LogP contribution in [-0.4, -0.2) is 44.3 Å². The molecule has 0 aliphatic carbocycles. The number of hydrogen-bond acceptors (Lipinski definition) is 4. The molecule has 0 unspecified atom stereocenters. The fraction of sp³-hybridized carbons (Fsp3) is 0.310. The molecule has 0 aliphatic rings. The van der Waals surface area contributed by atoms with Gasteiger partial charge in [-0.25, -0.2) is 8.42 Å². The fourth-order valence-corrected chi connectivity index (χ4v) is 5.95. The molecule has 39 heavy (non-hydrogen) atoms. The third kappa shape index (κ3) is 7.53. The van der Waals surface area contributed by atoms with Crippen LogP contribution < -0.4 is 9.62 Å². The molecule has 3 aromatic rings. The maximum atomic E-state index is 13.9. The van der Waals surface area contributed by atoms with Gasteiger partial charge in [-0.2, -0.15) is 0 Å². The van der Waals surface area contributed by atoms with Gasteiger partial charge in [0.2, 0.25) is 11.8 Å². The van der Waals surface area contributed by atoms with Gasteiger partial charge in [-0.3, -0.25) is 13.9 Å². The van der Waals surface area contributed by atoms with E-state index in [4.69, 9.17) is 23.2 Å². The molecule has 0 aromatic heterocycles. The number of nitrogens with one attached hydrogen (secondary N) is 1. The zero-order valence-electron chi connectivity index (χ0n) is 22.4. The molecule has 0 saturated heterocycles. The molecular weight excluding hydrogens is 557 g/mol. The highest BCUT2D eigenvalue weighted by molar-refractivity contribution is 7.92. The quantitative estimate of drug-likeness (QED) is 0.308. The predicted octanol–water partition coefficient (Wildman–Crippen LogP) is 5.75. The lowest BCUT2D eigenvalue weighted by atomic mass is 10.1. The lowest BCUT2D eigenvalue weighted by molar-refractivity contribution is -0.139. The summed E-state index contributed by atoms with van der Waals surface area (Å²) in [5, 5.41) is 3.49. The molecule has 0 bridgehead atoms. The Bertz CT molecular complexity index is 1430. The Morgan fingerprint density at radius 1 is 0.949 bits per heavy atom. The average Bonchev–Trinajstić information content (AvgIpc) is 2.91. The van der Waals surface area contributed by atoms with Crippen molar-refractivity contribution in [2.24, 2.45) is 0 Å². The van der Waals surface area contributed by atoms with Crippen LogP contribution in [0.5, 0.6) is 0 Å².